The number of rotatable bonds is 6. The summed E-state index contributed by atoms with van der Waals surface area (Å²) in [6, 6.07) is 23.2. The molecular weight excluding hydrogens is 396 g/mol. The van der Waals surface area contributed by atoms with Crippen molar-refractivity contribution in [2.75, 3.05) is 13.7 Å². The summed E-state index contributed by atoms with van der Waals surface area (Å²) >= 11 is 0. The van der Waals surface area contributed by atoms with Crippen molar-refractivity contribution in [3.05, 3.63) is 100 Å². The molecule has 0 radical (unpaired) electrons. The third-order valence-corrected chi connectivity index (χ3v) is 4.81. The summed E-state index contributed by atoms with van der Waals surface area (Å²) in [5, 5.41) is 0.508. The fourth-order valence-electron chi connectivity index (χ4n) is 3.19. The first-order valence-electron chi connectivity index (χ1n) is 9.53. The van der Waals surface area contributed by atoms with Gasteiger partial charge in [0.15, 0.2) is 23.7 Å². The number of fused-ring (bicyclic) bond motifs is 1. The Hall–Kier alpha value is -4.19. The molecule has 1 heterocycles. The molecule has 0 amide bonds. The maximum Gasteiger partial charge on any atom is 0.351 e. The van der Waals surface area contributed by atoms with E-state index in [0.717, 1.165) is 11.1 Å². The fourth-order valence-corrected chi connectivity index (χ4v) is 3.19. The van der Waals surface area contributed by atoms with Crippen molar-refractivity contribution in [2.24, 2.45) is 0 Å². The second kappa shape index (κ2) is 8.67. The summed E-state index contributed by atoms with van der Waals surface area (Å²) in [6.07, 6.45) is 0. The molecule has 6 nitrogen and oxygen atoms in total. The summed E-state index contributed by atoms with van der Waals surface area (Å²) in [4.78, 5) is 37.0. The van der Waals surface area contributed by atoms with E-state index in [-0.39, 0.29) is 16.9 Å². The zero-order valence-electron chi connectivity index (χ0n) is 16.7. The first kappa shape index (κ1) is 20.1. The van der Waals surface area contributed by atoms with Gasteiger partial charge in [-0.15, -0.1) is 0 Å². The number of hydrogen-bond acceptors (Lipinski definition) is 6. The normalized spacial score (nSPS) is 10.6. The molecule has 1 aromatic heterocycles. The minimum absolute atomic E-state index is 0.237. The van der Waals surface area contributed by atoms with Crippen LogP contribution in [0, 0.1) is 0 Å². The molecule has 0 atom stereocenters. The summed E-state index contributed by atoms with van der Waals surface area (Å²) in [6.45, 7) is -0.487. The Morgan fingerprint density at radius 3 is 2.29 bits per heavy atom. The molecule has 0 aliphatic carbocycles. The van der Waals surface area contributed by atoms with Gasteiger partial charge in [0.1, 0.15) is 5.56 Å². The quantitative estimate of drug-likeness (QED) is 0.262. The fraction of sp³-hybridized carbons (Fsp3) is 0.0800. The molecule has 0 spiro atoms. The van der Waals surface area contributed by atoms with Gasteiger partial charge in [-0.3, -0.25) is 4.79 Å². The predicted octanol–water partition coefficient (Wildman–Crippen LogP) is 4.51. The van der Waals surface area contributed by atoms with Gasteiger partial charge in [-0.05, 0) is 23.3 Å². The number of hydrogen-bond donors (Lipinski definition) is 0. The van der Waals surface area contributed by atoms with Gasteiger partial charge in [-0.2, -0.15) is 0 Å². The average molecular weight is 414 g/mol. The molecule has 0 aliphatic rings. The minimum Gasteiger partial charge on any atom is -0.493 e. The predicted molar refractivity (Wildman–Crippen MR) is 116 cm³/mol. The Morgan fingerprint density at radius 1 is 0.871 bits per heavy atom. The van der Waals surface area contributed by atoms with Crippen LogP contribution in [0.15, 0.2) is 88.1 Å². The van der Waals surface area contributed by atoms with E-state index in [2.05, 4.69) is 0 Å². The van der Waals surface area contributed by atoms with E-state index in [1.54, 1.807) is 30.3 Å². The maximum atomic E-state index is 12.4. The molecule has 0 N–H and O–H groups in total. The van der Waals surface area contributed by atoms with E-state index in [1.165, 1.54) is 13.2 Å². The lowest BCUT2D eigenvalue weighted by atomic mass is 10.0. The molecule has 3 aromatic carbocycles. The van der Waals surface area contributed by atoms with E-state index in [9.17, 15) is 14.4 Å². The van der Waals surface area contributed by atoms with E-state index >= 15 is 0 Å². The van der Waals surface area contributed by atoms with Crippen LogP contribution in [0.25, 0.3) is 22.1 Å². The molecule has 0 fully saturated rings. The monoisotopic (exact) mass is 414 g/mol. The number of carbonyl (C=O) groups excluding carboxylic acids is 2. The van der Waals surface area contributed by atoms with Crippen LogP contribution >= 0.6 is 0 Å². The van der Waals surface area contributed by atoms with Crippen LogP contribution in [0.2, 0.25) is 0 Å². The van der Waals surface area contributed by atoms with Crippen LogP contribution in [-0.4, -0.2) is 25.5 Å². The average Bonchev–Trinajstić information content (AvgIpc) is 2.82. The second-order valence-electron chi connectivity index (χ2n) is 6.77. The topological polar surface area (TPSA) is 82.8 Å². The molecule has 4 aromatic rings. The molecule has 154 valence electrons. The lowest BCUT2D eigenvalue weighted by Gasteiger charge is -2.07. The summed E-state index contributed by atoms with van der Waals surface area (Å²) < 4.78 is 15.4. The third kappa shape index (κ3) is 4.23. The van der Waals surface area contributed by atoms with Crippen molar-refractivity contribution in [2.45, 2.75) is 0 Å². The van der Waals surface area contributed by atoms with Crippen molar-refractivity contribution in [3.8, 4) is 16.9 Å². The molecule has 31 heavy (non-hydrogen) atoms. The standard InChI is InChI=1S/C25H18O6/c1-29-22-9-5-8-19-14-20(25(28)31-23(19)22)24(27)30-15-21(26)18-12-10-17(11-13-18)16-6-3-2-4-7-16/h2-14H,15H2,1H3. The van der Waals surface area contributed by atoms with Crippen molar-refractivity contribution < 1.29 is 23.5 Å². The van der Waals surface area contributed by atoms with Crippen LogP contribution in [-0.2, 0) is 4.74 Å². The molecule has 0 bridgehead atoms. The van der Waals surface area contributed by atoms with Crippen LogP contribution in [0.4, 0.5) is 0 Å². The molecular formula is C25H18O6. The largest absolute Gasteiger partial charge is 0.493 e. The lowest BCUT2D eigenvalue weighted by Crippen LogP contribution is -2.20. The Balaban J connectivity index is 1.47. The number of Topliss-reactive ketones (excluding diaryl/α,β-unsaturated/α-hetero) is 1. The molecule has 4 rings (SSSR count). The summed E-state index contributed by atoms with van der Waals surface area (Å²) in [5.41, 5.74) is 1.50. The number of methoxy groups -OCH3 is 1. The Kier molecular flexibility index (Phi) is 5.62. The highest BCUT2D eigenvalue weighted by atomic mass is 16.5. The molecule has 6 heteroatoms. The van der Waals surface area contributed by atoms with Gasteiger partial charge in [-0.25, -0.2) is 9.59 Å². The first-order valence-corrected chi connectivity index (χ1v) is 9.53. The van der Waals surface area contributed by atoms with Crippen molar-refractivity contribution in [3.63, 3.8) is 0 Å². The van der Waals surface area contributed by atoms with Gasteiger partial charge in [0.2, 0.25) is 0 Å². The maximum absolute atomic E-state index is 12.4. The van der Waals surface area contributed by atoms with Crippen LogP contribution in [0.1, 0.15) is 20.7 Å². The smallest absolute Gasteiger partial charge is 0.351 e. The van der Waals surface area contributed by atoms with Gasteiger partial charge in [0.25, 0.3) is 0 Å². The van der Waals surface area contributed by atoms with Crippen molar-refractivity contribution >= 4 is 22.7 Å². The van der Waals surface area contributed by atoms with Gasteiger partial charge < -0.3 is 13.9 Å². The number of esters is 1. The van der Waals surface area contributed by atoms with E-state index < -0.39 is 18.2 Å². The van der Waals surface area contributed by atoms with E-state index in [1.807, 2.05) is 42.5 Å². The Bertz CT molecular complexity index is 1300. The zero-order valence-corrected chi connectivity index (χ0v) is 16.7. The molecule has 0 saturated carbocycles. The summed E-state index contributed by atoms with van der Waals surface area (Å²) in [5.74, 6) is -0.920. The van der Waals surface area contributed by atoms with E-state index in [0.29, 0.717) is 16.7 Å². The number of ether oxygens (including phenoxy) is 2. The van der Waals surface area contributed by atoms with Gasteiger partial charge in [0.05, 0.1) is 7.11 Å². The van der Waals surface area contributed by atoms with Crippen LogP contribution < -0.4 is 10.4 Å². The van der Waals surface area contributed by atoms with E-state index in [4.69, 9.17) is 13.9 Å². The number of benzene rings is 3. The van der Waals surface area contributed by atoms with Crippen molar-refractivity contribution in [1.29, 1.82) is 0 Å². The third-order valence-electron chi connectivity index (χ3n) is 4.81. The molecule has 0 unspecified atom stereocenters. The molecule has 0 aliphatic heterocycles. The highest BCUT2D eigenvalue weighted by Crippen LogP contribution is 2.24. The lowest BCUT2D eigenvalue weighted by molar-refractivity contribution is 0.0470. The Morgan fingerprint density at radius 2 is 1.58 bits per heavy atom. The van der Waals surface area contributed by atoms with Gasteiger partial charge in [-0.1, -0.05) is 66.7 Å². The highest BCUT2D eigenvalue weighted by Gasteiger charge is 2.18. The number of ketones is 1. The SMILES string of the molecule is COc1cccc2cc(C(=O)OCC(=O)c3ccc(-c4ccccc4)cc3)c(=O)oc12. The minimum atomic E-state index is -0.923. The second-order valence-corrected chi connectivity index (χ2v) is 6.77. The summed E-state index contributed by atoms with van der Waals surface area (Å²) in [7, 11) is 1.45. The van der Waals surface area contributed by atoms with Crippen LogP contribution in [0.5, 0.6) is 5.75 Å². The highest BCUT2D eigenvalue weighted by molar-refractivity contribution is 6.00. The van der Waals surface area contributed by atoms with Crippen molar-refractivity contribution in [1.82, 2.24) is 0 Å². The van der Waals surface area contributed by atoms with Gasteiger partial charge >= 0.3 is 11.6 Å². The number of para-hydroxylation sites is 1. The number of carbonyl (C=O) groups is 2. The molecule has 0 saturated heterocycles. The van der Waals surface area contributed by atoms with Crippen LogP contribution in [0.3, 0.4) is 0 Å². The first-order chi connectivity index (χ1) is 15.1. The Labute approximate surface area is 177 Å². The zero-order chi connectivity index (χ0) is 21.8. The van der Waals surface area contributed by atoms with Gasteiger partial charge in [0, 0.05) is 10.9 Å².